The summed E-state index contributed by atoms with van der Waals surface area (Å²) >= 11 is 0. The molecule has 0 bridgehead atoms. The maximum Gasteiger partial charge on any atom is 0.0541 e. The lowest BCUT2D eigenvalue weighted by Gasteiger charge is -2.26. The number of hydrogen-bond donors (Lipinski definition) is 0. The molecule has 0 aliphatic carbocycles. The third-order valence-corrected chi connectivity index (χ3v) is 10.4. The van der Waals surface area contributed by atoms with Gasteiger partial charge >= 0.3 is 0 Å². The Balaban J connectivity index is 1.09. The van der Waals surface area contributed by atoms with E-state index in [0.29, 0.717) is 0 Å². The van der Waals surface area contributed by atoms with E-state index in [0.717, 1.165) is 22.7 Å². The van der Waals surface area contributed by atoms with Crippen LogP contribution >= 0.6 is 0 Å². The van der Waals surface area contributed by atoms with E-state index in [1.807, 2.05) is 0 Å². The first-order valence-corrected chi connectivity index (χ1v) is 17.9. The summed E-state index contributed by atoms with van der Waals surface area (Å²) in [4.78, 5) is 2.37. The van der Waals surface area contributed by atoms with Crippen molar-refractivity contribution in [3.8, 4) is 27.9 Å². The fourth-order valence-corrected chi connectivity index (χ4v) is 7.94. The van der Waals surface area contributed by atoms with E-state index in [1.165, 1.54) is 65.6 Å². The third-order valence-electron chi connectivity index (χ3n) is 10.4. The first-order chi connectivity index (χ1) is 25.8. The zero-order valence-electron chi connectivity index (χ0n) is 28.5. The van der Waals surface area contributed by atoms with Crippen molar-refractivity contribution in [2.75, 3.05) is 4.90 Å². The van der Waals surface area contributed by atoms with Gasteiger partial charge in [0.2, 0.25) is 0 Å². The molecule has 0 saturated carbocycles. The molecular weight excluding hydrogens is 629 g/mol. The SMILES string of the molecule is c1ccc(-c2cccc3cccc(-c4ccc(N(c5ccc(-n6c7ccccc7c7ccccc76)cc5)c5ccc6ccccc6c5)cc4)c23)cc1. The van der Waals surface area contributed by atoms with E-state index in [-0.39, 0.29) is 0 Å². The number of hydrogen-bond acceptors (Lipinski definition) is 1. The van der Waals surface area contributed by atoms with Gasteiger partial charge in [0.05, 0.1) is 11.0 Å². The molecule has 1 heterocycles. The molecule has 0 fully saturated rings. The van der Waals surface area contributed by atoms with Crippen LogP contribution in [0.3, 0.4) is 0 Å². The summed E-state index contributed by atoms with van der Waals surface area (Å²) in [5.41, 5.74) is 11.8. The van der Waals surface area contributed by atoms with Gasteiger partial charge in [-0.15, -0.1) is 0 Å². The molecule has 0 radical (unpaired) electrons. The first kappa shape index (κ1) is 30.0. The number of anilines is 3. The monoisotopic (exact) mass is 662 g/mol. The number of para-hydroxylation sites is 2. The Morgan fingerprint density at radius 2 is 0.827 bits per heavy atom. The largest absolute Gasteiger partial charge is 0.310 e. The molecule has 10 aromatic rings. The molecule has 0 saturated heterocycles. The maximum absolute atomic E-state index is 2.37. The Morgan fingerprint density at radius 1 is 0.327 bits per heavy atom. The zero-order valence-corrected chi connectivity index (χ0v) is 28.5. The van der Waals surface area contributed by atoms with Crippen LogP contribution in [0.15, 0.2) is 206 Å². The highest BCUT2D eigenvalue weighted by Crippen LogP contribution is 2.41. The molecule has 0 amide bonds. The van der Waals surface area contributed by atoms with Gasteiger partial charge in [-0.1, -0.05) is 146 Å². The van der Waals surface area contributed by atoms with Crippen molar-refractivity contribution in [3.63, 3.8) is 0 Å². The molecule has 0 atom stereocenters. The molecular formula is C50H34N2. The highest BCUT2D eigenvalue weighted by atomic mass is 15.1. The van der Waals surface area contributed by atoms with E-state index in [4.69, 9.17) is 0 Å². The minimum absolute atomic E-state index is 1.10. The van der Waals surface area contributed by atoms with Crippen LogP contribution in [0.2, 0.25) is 0 Å². The minimum atomic E-state index is 1.10. The molecule has 2 heteroatoms. The van der Waals surface area contributed by atoms with Crippen LogP contribution in [0.25, 0.3) is 71.3 Å². The van der Waals surface area contributed by atoms with E-state index in [1.54, 1.807) is 0 Å². The van der Waals surface area contributed by atoms with Crippen LogP contribution in [0.1, 0.15) is 0 Å². The average Bonchev–Trinajstić information content (AvgIpc) is 3.56. The first-order valence-electron chi connectivity index (χ1n) is 17.9. The molecule has 9 aromatic carbocycles. The Labute approximate surface area is 303 Å². The van der Waals surface area contributed by atoms with Gasteiger partial charge in [-0.25, -0.2) is 0 Å². The van der Waals surface area contributed by atoms with Crippen molar-refractivity contribution in [2.45, 2.75) is 0 Å². The van der Waals surface area contributed by atoms with Crippen LogP contribution in [0.4, 0.5) is 17.1 Å². The average molecular weight is 663 g/mol. The summed E-state index contributed by atoms with van der Waals surface area (Å²) in [7, 11) is 0. The normalized spacial score (nSPS) is 11.5. The van der Waals surface area contributed by atoms with E-state index >= 15 is 0 Å². The lowest BCUT2D eigenvalue weighted by Crippen LogP contribution is -2.10. The fraction of sp³-hybridized carbons (Fsp3) is 0. The summed E-state index contributed by atoms with van der Waals surface area (Å²) in [6.07, 6.45) is 0. The molecule has 2 nitrogen and oxygen atoms in total. The van der Waals surface area contributed by atoms with E-state index in [2.05, 4.69) is 216 Å². The number of benzene rings is 9. The number of fused-ring (bicyclic) bond motifs is 5. The summed E-state index contributed by atoms with van der Waals surface area (Å²) in [6.45, 7) is 0. The van der Waals surface area contributed by atoms with Gasteiger partial charge < -0.3 is 9.47 Å². The summed E-state index contributed by atoms with van der Waals surface area (Å²) in [5.74, 6) is 0. The van der Waals surface area contributed by atoms with Crippen LogP contribution in [-0.2, 0) is 0 Å². The highest BCUT2D eigenvalue weighted by Gasteiger charge is 2.17. The van der Waals surface area contributed by atoms with Gasteiger partial charge in [-0.2, -0.15) is 0 Å². The van der Waals surface area contributed by atoms with E-state index in [9.17, 15) is 0 Å². The summed E-state index contributed by atoms with van der Waals surface area (Å²) in [5, 5.41) is 7.49. The van der Waals surface area contributed by atoms with Gasteiger partial charge in [0, 0.05) is 33.5 Å². The molecule has 1 aromatic heterocycles. The standard InChI is InChI=1S/C50H34N2/c1-2-13-36(14-3-1)44-20-10-16-38-17-11-21-45(50(38)44)37-25-27-40(28-26-37)51(43-29-24-35-12-4-5-15-39(35)34-43)41-30-32-42(33-31-41)52-48-22-8-6-18-46(48)47-19-7-9-23-49(47)52/h1-34H. The molecule has 0 spiro atoms. The Morgan fingerprint density at radius 3 is 1.48 bits per heavy atom. The molecule has 10 rings (SSSR count). The predicted molar refractivity (Wildman–Crippen MR) is 221 cm³/mol. The van der Waals surface area contributed by atoms with Gasteiger partial charge in [-0.05, 0) is 104 Å². The van der Waals surface area contributed by atoms with Gasteiger partial charge in [-0.3, -0.25) is 0 Å². The quantitative estimate of drug-likeness (QED) is 0.172. The fourth-order valence-electron chi connectivity index (χ4n) is 7.94. The summed E-state index contributed by atoms with van der Waals surface area (Å²) < 4.78 is 2.37. The van der Waals surface area contributed by atoms with Crippen LogP contribution in [0, 0.1) is 0 Å². The number of aromatic nitrogens is 1. The van der Waals surface area contributed by atoms with Crippen LogP contribution < -0.4 is 4.90 Å². The van der Waals surface area contributed by atoms with Crippen molar-refractivity contribution in [2.24, 2.45) is 0 Å². The smallest absolute Gasteiger partial charge is 0.0541 e. The Bertz CT molecular complexity index is 2820. The molecule has 0 unspecified atom stereocenters. The van der Waals surface area contributed by atoms with Gasteiger partial charge in [0.15, 0.2) is 0 Å². The van der Waals surface area contributed by atoms with Crippen molar-refractivity contribution in [1.82, 2.24) is 4.57 Å². The van der Waals surface area contributed by atoms with Gasteiger partial charge in [0.25, 0.3) is 0 Å². The maximum atomic E-state index is 2.37. The van der Waals surface area contributed by atoms with Crippen LogP contribution in [0.5, 0.6) is 0 Å². The van der Waals surface area contributed by atoms with Crippen molar-refractivity contribution < 1.29 is 0 Å². The van der Waals surface area contributed by atoms with Crippen molar-refractivity contribution >= 4 is 60.4 Å². The molecule has 52 heavy (non-hydrogen) atoms. The lowest BCUT2D eigenvalue weighted by atomic mass is 9.91. The second kappa shape index (κ2) is 12.5. The zero-order chi connectivity index (χ0) is 34.4. The van der Waals surface area contributed by atoms with Gasteiger partial charge in [0.1, 0.15) is 0 Å². The second-order valence-electron chi connectivity index (χ2n) is 13.4. The number of rotatable bonds is 6. The second-order valence-corrected chi connectivity index (χ2v) is 13.4. The Hall–Kier alpha value is -6.90. The van der Waals surface area contributed by atoms with Crippen LogP contribution in [-0.4, -0.2) is 4.57 Å². The van der Waals surface area contributed by atoms with Crippen molar-refractivity contribution in [1.29, 1.82) is 0 Å². The van der Waals surface area contributed by atoms with Crippen molar-refractivity contribution in [3.05, 3.63) is 206 Å². The molecule has 0 aliphatic rings. The molecule has 0 N–H and O–H groups in total. The number of nitrogens with zero attached hydrogens (tertiary/aromatic N) is 2. The topological polar surface area (TPSA) is 8.17 Å². The minimum Gasteiger partial charge on any atom is -0.310 e. The summed E-state index contributed by atoms with van der Waals surface area (Å²) in [6, 6.07) is 74.7. The van der Waals surface area contributed by atoms with E-state index < -0.39 is 0 Å². The molecule has 244 valence electrons. The Kier molecular flexibility index (Phi) is 7.18. The molecule has 0 aliphatic heterocycles. The predicted octanol–water partition coefficient (Wildman–Crippen LogP) is 13.9. The lowest BCUT2D eigenvalue weighted by molar-refractivity contribution is 1.17. The third kappa shape index (κ3) is 5.04. The highest BCUT2D eigenvalue weighted by molar-refractivity contribution is 6.09.